The fourth-order valence-electron chi connectivity index (χ4n) is 2.13. The van der Waals surface area contributed by atoms with Gasteiger partial charge in [-0.15, -0.1) is 0 Å². The van der Waals surface area contributed by atoms with Gasteiger partial charge in [-0.05, 0) is 23.3 Å². The van der Waals surface area contributed by atoms with Crippen LogP contribution in [0.5, 0.6) is 0 Å². The summed E-state index contributed by atoms with van der Waals surface area (Å²) in [5, 5.41) is 10.5. The first-order valence-corrected chi connectivity index (χ1v) is 6.36. The minimum Gasteiger partial charge on any atom is -0.230 e. The molecule has 1 aromatic heterocycles. The molecule has 1 heterocycles. The smallest absolute Gasteiger partial charge is 0.230 e. The zero-order valence-corrected chi connectivity index (χ0v) is 10.9. The van der Waals surface area contributed by atoms with Gasteiger partial charge in [-0.2, -0.15) is 5.21 Å². The van der Waals surface area contributed by atoms with E-state index in [1.807, 2.05) is 36.4 Å². The number of tetrazole rings is 1. The Morgan fingerprint density at radius 3 is 1.84 bits per heavy atom. The van der Waals surface area contributed by atoms with E-state index in [1.165, 1.54) is 0 Å². The Balaban J connectivity index is 2.18. The summed E-state index contributed by atoms with van der Waals surface area (Å²) >= 11 is 5.22. The van der Waals surface area contributed by atoms with Crippen LogP contribution < -0.4 is 0 Å². The number of hydrogen-bond acceptors (Lipinski definition) is 3. The number of nitrogens with one attached hydrogen (secondary N) is 1. The number of nitrogens with zero attached hydrogens (tertiary/aromatic N) is 3. The fraction of sp³-hybridized carbons (Fsp3) is 0.0714. The van der Waals surface area contributed by atoms with Crippen LogP contribution in [0, 0.1) is 4.77 Å². The monoisotopic (exact) mass is 268 g/mol. The Morgan fingerprint density at radius 2 is 1.42 bits per heavy atom. The summed E-state index contributed by atoms with van der Waals surface area (Å²) in [4.78, 5) is 0. The minimum absolute atomic E-state index is 0.0371. The average molecular weight is 268 g/mol. The first kappa shape index (κ1) is 11.8. The van der Waals surface area contributed by atoms with Gasteiger partial charge in [0.15, 0.2) is 0 Å². The average Bonchev–Trinajstić information content (AvgIpc) is 2.88. The molecular formula is C14H12N4S. The summed E-state index contributed by atoms with van der Waals surface area (Å²) in [5.74, 6) is 0. The van der Waals surface area contributed by atoms with E-state index in [1.54, 1.807) is 4.68 Å². The molecule has 0 atom stereocenters. The molecule has 0 unspecified atom stereocenters. The third kappa shape index (κ3) is 2.32. The van der Waals surface area contributed by atoms with Gasteiger partial charge in [0, 0.05) is 0 Å². The van der Waals surface area contributed by atoms with Gasteiger partial charge >= 0.3 is 0 Å². The maximum Gasteiger partial charge on any atom is 0.239 e. The standard InChI is InChI=1S/C14H12N4S/c19-14-15-16-17-18(14)13(11-7-3-1-4-8-11)12-9-5-2-6-10-12/h1-10,13H,(H,15,17,19). The molecule has 0 fully saturated rings. The maximum absolute atomic E-state index is 5.22. The number of hydrogen-bond donors (Lipinski definition) is 1. The Hall–Kier alpha value is -2.27. The summed E-state index contributed by atoms with van der Waals surface area (Å²) in [5.41, 5.74) is 2.27. The van der Waals surface area contributed by atoms with Gasteiger partial charge in [-0.3, -0.25) is 0 Å². The van der Waals surface area contributed by atoms with Crippen molar-refractivity contribution in [2.24, 2.45) is 0 Å². The SMILES string of the molecule is S=c1nn[nH]n1C(c1ccccc1)c1ccccc1. The topological polar surface area (TPSA) is 46.5 Å². The molecule has 0 saturated carbocycles. The van der Waals surface area contributed by atoms with Gasteiger partial charge in [0.2, 0.25) is 4.77 Å². The van der Waals surface area contributed by atoms with E-state index in [4.69, 9.17) is 12.2 Å². The molecular weight excluding hydrogens is 256 g/mol. The summed E-state index contributed by atoms with van der Waals surface area (Å²) in [6.07, 6.45) is 0. The second-order valence-corrected chi connectivity index (χ2v) is 4.54. The van der Waals surface area contributed by atoms with Crippen LogP contribution in [0.3, 0.4) is 0 Å². The van der Waals surface area contributed by atoms with Crippen molar-refractivity contribution >= 4 is 12.2 Å². The van der Waals surface area contributed by atoms with E-state index in [2.05, 4.69) is 39.8 Å². The molecule has 3 aromatic rings. The number of H-pyrrole nitrogens is 1. The van der Waals surface area contributed by atoms with Crippen molar-refractivity contribution in [3.8, 4) is 0 Å². The Morgan fingerprint density at radius 1 is 0.895 bits per heavy atom. The van der Waals surface area contributed by atoms with Crippen LogP contribution in [-0.2, 0) is 0 Å². The van der Waals surface area contributed by atoms with Gasteiger partial charge < -0.3 is 0 Å². The van der Waals surface area contributed by atoms with Crippen LogP contribution in [0.1, 0.15) is 17.2 Å². The third-order valence-electron chi connectivity index (χ3n) is 2.98. The lowest BCUT2D eigenvalue weighted by molar-refractivity contribution is 0.565. The van der Waals surface area contributed by atoms with Crippen molar-refractivity contribution in [1.82, 2.24) is 20.2 Å². The molecule has 0 spiro atoms. The molecule has 0 radical (unpaired) electrons. The zero-order valence-electron chi connectivity index (χ0n) is 10.1. The maximum atomic E-state index is 5.22. The number of rotatable bonds is 3. The third-order valence-corrected chi connectivity index (χ3v) is 3.26. The molecule has 0 bridgehead atoms. The molecule has 0 amide bonds. The van der Waals surface area contributed by atoms with Crippen LogP contribution in [0.2, 0.25) is 0 Å². The lowest BCUT2D eigenvalue weighted by Crippen LogP contribution is -2.14. The highest BCUT2D eigenvalue weighted by molar-refractivity contribution is 7.71. The molecule has 0 aliphatic rings. The lowest BCUT2D eigenvalue weighted by atomic mass is 9.99. The first-order chi connectivity index (χ1) is 9.36. The van der Waals surface area contributed by atoms with E-state index in [9.17, 15) is 0 Å². The van der Waals surface area contributed by atoms with Crippen LogP contribution in [0.15, 0.2) is 60.7 Å². The molecule has 0 aliphatic heterocycles. The molecule has 3 rings (SSSR count). The highest BCUT2D eigenvalue weighted by Gasteiger charge is 2.17. The van der Waals surface area contributed by atoms with Gasteiger partial charge in [0.1, 0.15) is 6.04 Å². The summed E-state index contributed by atoms with van der Waals surface area (Å²) in [6.45, 7) is 0. The van der Waals surface area contributed by atoms with Gasteiger partial charge in [-0.1, -0.05) is 71.0 Å². The van der Waals surface area contributed by atoms with Gasteiger partial charge in [0.05, 0.1) is 0 Å². The lowest BCUT2D eigenvalue weighted by Gasteiger charge is -2.18. The zero-order chi connectivity index (χ0) is 13.1. The van der Waals surface area contributed by atoms with E-state index >= 15 is 0 Å². The number of aromatic amines is 1. The molecule has 19 heavy (non-hydrogen) atoms. The second kappa shape index (κ2) is 5.16. The van der Waals surface area contributed by atoms with Crippen LogP contribution in [0.4, 0.5) is 0 Å². The number of aromatic nitrogens is 4. The normalized spacial score (nSPS) is 10.8. The van der Waals surface area contributed by atoms with Crippen molar-refractivity contribution in [3.05, 3.63) is 76.6 Å². The molecule has 0 saturated heterocycles. The van der Waals surface area contributed by atoms with Crippen molar-refractivity contribution < 1.29 is 0 Å². The quantitative estimate of drug-likeness (QED) is 0.743. The Labute approximate surface area is 115 Å². The van der Waals surface area contributed by atoms with Crippen LogP contribution in [-0.4, -0.2) is 20.2 Å². The van der Waals surface area contributed by atoms with E-state index in [-0.39, 0.29) is 6.04 Å². The minimum atomic E-state index is -0.0371. The molecule has 4 nitrogen and oxygen atoms in total. The van der Waals surface area contributed by atoms with Crippen molar-refractivity contribution in [2.45, 2.75) is 6.04 Å². The largest absolute Gasteiger partial charge is 0.239 e. The van der Waals surface area contributed by atoms with Crippen molar-refractivity contribution in [1.29, 1.82) is 0 Å². The first-order valence-electron chi connectivity index (χ1n) is 5.96. The second-order valence-electron chi connectivity index (χ2n) is 4.18. The Bertz CT molecular complexity index is 663. The highest BCUT2D eigenvalue weighted by atomic mass is 32.1. The van der Waals surface area contributed by atoms with Crippen LogP contribution in [0.25, 0.3) is 0 Å². The van der Waals surface area contributed by atoms with Gasteiger partial charge in [-0.25, -0.2) is 4.68 Å². The van der Waals surface area contributed by atoms with Crippen molar-refractivity contribution in [2.75, 3.05) is 0 Å². The Kier molecular flexibility index (Phi) is 3.20. The predicted molar refractivity (Wildman–Crippen MR) is 75.3 cm³/mol. The molecule has 5 heteroatoms. The summed E-state index contributed by atoms with van der Waals surface area (Å²) in [6, 6.07) is 20.3. The molecule has 94 valence electrons. The van der Waals surface area contributed by atoms with E-state index < -0.39 is 0 Å². The van der Waals surface area contributed by atoms with Gasteiger partial charge in [0.25, 0.3) is 0 Å². The molecule has 0 aliphatic carbocycles. The van der Waals surface area contributed by atoms with E-state index in [0.29, 0.717) is 4.77 Å². The number of benzene rings is 2. The molecule has 1 N–H and O–H groups in total. The highest BCUT2D eigenvalue weighted by Crippen LogP contribution is 2.25. The summed E-state index contributed by atoms with van der Waals surface area (Å²) in [7, 11) is 0. The predicted octanol–water partition coefficient (Wildman–Crippen LogP) is 2.97. The molecule has 2 aromatic carbocycles. The fourth-order valence-corrected chi connectivity index (χ4v) is 2.32. The van der Waals surface area contributed by atoms with E-state index in [0.717, 1.165) is 11.1 Å². The van der Waals surface area contributed by atoms with Crippen LogP contribution >= 0.6 is 12.2 Å². The summed E-state index contributed by atoms with van der Waals surface area (Å²) < 4.78 is 2.23. The van der Waals surface area contributed by atoms with Crippen molar-refractivity contribution in [3.63, 3.8) is 0 Å².